The monoisotopic (exact) mass is 333 g/mol. The molecule has 2 aromatic carbocycles. The third kappa shape index (κ3) is 4.42. The van der Waals surface area contributed by atoms with Crippen molar-refractivity contribution in [3.63, 3.8) is 0 Å². The molecule has 23 heavy (non-hydrogen) atoms. The van der Waals surface area contributed by atoms with Crippen LogP contribution in [0.4, 0.5) is 10.1 Å². The molecule has 0 atom stereocenters. The molecule has 0 unspecified atom stereocenters. The molecule has 122 valence electrons. The highest BCUT2D eigenvalue weighted by atomic mass is 32.1. The second-order valence-corrected chi connectivity index (χ2v) is 5.50. The van der Waals surface area contributed by atoms with Crippen molar-refractivity contribution in [1.82, 2.24) is 0 Å². The summed E-state index contributed by atoms with van der Waals surface area (Å²) >= 11 is 5.03. The fourth-order valence-electron chi connectivity index (χ4n) is 2.20. The first-order valence-corrected chi connectivity index (χ1v) is 7.80. The van der Waals surface area contributed by atoms with Gasteiger partial charge < -0.3 is 14.8 Å². The number of halogens is 1. The third-order valence-corrected chi connectivity index (χ3v) is 3.88. The largest absolute Gasteiger partial charge is 0.486 e. The Morgan fingerprint density at radius 3 is 2.70 bits per heavy atom. The minimum Gasteiger partial charge on any atom is -0.486 e. The molecular weight excluding hydrogens is 313 g/mol. The van der Waals surface area contributed by atoms with Gasteiger partial charge in [-0.15, -0.1) is 0 Å². The van der Waals surface area contributed by atoms with Crippen LogP contribution in [0.3, 0.4) is 0 Å². The van der Waals surface area contributed by atoms with Crippen LogP contribution in [0.1, 0.15) is 23.6 Å². The Bertz CT molecular complexity index is 703. The van der Waals surface area contributed by atoms with E-state index in [9.17, 15) is 4.39 Å². The number of methoxy groups -OCH3 is 1. The fourth-order valence-corrected chi connectivity index (χ4v) is 2.31. The maximum absolute atomic E-state index is 14.0. The minimum atomic E-state index is -0.347. The van der Waals surface area contributed by atoms with E-state index in [2.05, 4.69) is 5.32 Å². The lowest BCUT2D eigenvalue weighted by atomic mass is 10.1. The number of ether oxygens (including phenoxy) is 2. The van der Waals surface area contributed by atoms with Gasteiger partial charge in [-0.05, 0) is 54.9 Å². The first kappa shape index (κ1) is 17.2. The number of aryl methyl sites for hydroxylation is 2. The standard InChI is InChI=1S/C18H20FNO2S/c1-4-13-8-9-17(15(19)10-13)22-11-14-12(2)6-5-7-16(14)20-18(23)21-3/h5-10H,4,11H2,1-3H3,(H,20,23). The Morgan fingerprint density at radius 2 is 2.04 bits per heavy atom. The first-order chi connectivity index (χ1) is 11.0. The van der Waals surface area contributed by atoms with Crippen molar-refractivity contribution in [2.75, 3.05) is 12.4 Å². The third-order valence-electron chi connectivity index (χ3n) is 3.61. The zero-order valence-electron chi connectivity index (χ0n) is 13.5. The Hall–Kier alpha value is -2.14. The van der Waals surface area contributed by atoms with E-state index in [0.29, 0.717) is 0 Å². The van der Waals surface area contributed by atoms with E-state index >= 15 is 0 Å². The maximum atomic E-state index is 14.0. The van der Waals surface area contributed by atoms with Crippen LogP contribution in [-0.2, 0) is 17.8 Å². The molecule has 1 N–H and O–H groups in total. The van der Waals surface area contributed by atoms with Crippen molar-refractivity contribution in [2.45, 2.75) is 26.9 Å². The molecule has 0 aliphatic carbocycles. The van der Waals surface area contributed by atoms with Crippen LogP contribution in [0.25, 0.3) is 0 Å². The topological polar surface area (TPSA) is 30.5 Å². The van der Waals surface area contributed by atoms with Gasteiger partial charge in [-0.2, -0.15) is 0 Å². The van der Waals surface area contributed by atoms with Crippen molar-refractivity contribution in [3.8, 4) is 5.75 Å². The van der Waals surface area contributed by atoms with Gasteiger partial charge in [0.15, 0.2) is 11.6 Å². The van der Waals surface area contributed by atoms with E-state index < -0.39 is 0 Å². The smallest absolute Gasteiger partial charge is 0.260 e. The van der Waals surface area contributed by atoms with Crippen molar-refractivity contribution in [3.05, 3.63) is 58.9 Å². The maximum Gasteiger partial charge on any atom is 0.260 e. The molecule has 3 nitrogen and oxygen atoms in total. The van der Waals surface area contributed by atoms with Crippen LogP contribution in [0, 0.1) is 12.7 Å². The summed E-state index contributed by atoms with van der Waals surface area (Å²) in [6, 6.07) is 10.8. The van der Waals surface area contributed by atoms with E-state index in [4.69, 9.17) is 21.7 Å². The van der Waals surface area contributed by atoms with Gasteiger partial charge in [0.1, 0.15) is 6.61 Å². The van der Waals surface area contributed by atoms with E-state index in [0.717, 1.165) is 28.8 Å². The number of rotatable bonds is 5. The average Bonchev–Trinajstić information content (AvgIpc) is 2.55. The van der Waals surface area contributed by atoms with E-state index in [-0.39, 0.29) is 23.3 Å². The molecule has 2 aromatic rings. The lowest BCUT2D eigenvalue weighted by Gasteiger charge is -2.15. The van der Waals surface area contributed by atoms with Gasteiger partial charge in [-0.1, -0.05) is 25.1 Å². The highest BCUT2D eigenvalue weighted by Crippen LogP contribution is 2.24. The van der Waals surface area contributed by atoms with Gasteiger partial charge in [-0.25, -0.2) is 4.39 Å². The van der Waals surface area contributed by atoms with Gasteiger partial charge in [0, 0.05) is 11.3 Å². The van der Waals surface area contributed by atoms with Crippen LogP contribution < -0.4 is 10.1 Å². The molecule has 0 spiro atoms. The van der Waals surface area contributed by atoms with Crippen LogP contribution >= 0.6 is 12.2 Å². The lowest BCUT2D eigenvalue weighted by molar-refractivity contribution is 0.290. The quantitative estimate of drug-likeness (QED) is 0.809. The van der Waals surface area contributed by atoms with Gasteiger partial charge in [0.25, 0.3) is 5.17 Å². The normalized spacial score (nSPS) is 10.3. The second kappa shape index (κ2) is 7.92. The summed E-state index contributed by atoms with van der Waals surface area (Å²) in [6.07, 6.45) is 0.789. The highest BCUT2D eigenvalue weighted by molar-refractivity contribution is 7.80. The van der Waals surface area contributed by atoms with Crippen molar-refractivity contribution in [2.24, 2.45) is 0 Å². The van der Waals surface area contributed by atoms with Crippen LogP contribution in [0.15, 0.2) is 36.4 Å². The molecule has 0 aliphatic heterocycles. The second-order valence-electron chi connectivity index (χ2n) is 5.12. The predicted molar refractivity (Wildman–Crippen MR) is 94.5 cm³/mol. The Kier molecular flexibility index (Phi) is 5.93. The van der Waals surface area contributed by atoms with Crippen LogP contribution in [-0.4, -0.2) is 12.3 Å². The predicted octanol–water partition coefficient (Wildman–Crippen LogP) is 4.62. The van der Waals surface area contributed by atoms with E-state index in [1.165, 1.54) is 13.2 Å². The number of thiocarbonyl (C=S) groups is 1. The summed E-state index contributed by atoms with van der Waals surface area (Å²) in [6.45, 7) is 4.19. The zero-order chi connectivity index (χ0) is 16.8. The first-order valence-electron chi connectivity index (χ1n) is 7.39. The molecule has 0 saturated heterocycles. The summed E-state index contributed by atoms with van der Waals surface area (Å²) in [5.41, 5.74) is 3.67. The van der Waals surface area contributed by atoms with Crippen LogP contribution in [0.2, 0.25) is 0 Å². The Morgan fingerprint density at radius 1 is 1.26 bits per heavy atom. The fraction of sp³-hybridized carbons (Fsp3) is 0.278. The molecule has 0 aliphatic rings. The van der Waals surface area contributed by atoms with E-state index in [1.54, 1.807) is 6.07 Å². The number of hydrogen-bond donors (Lipinski definition) is 1. The van der Waals surface area contributed by atoms with Gasteiger partial charge >= 0.3 is 0 Å². The zero-order valence-corrected chi connectivity index (χ0v) is 14.3. The lowest BCUT2D eigenvalue weighted by Crippen LogP contribution is -2.13. The Balaban J connectivity index is 2.18. The Labute approximate surface area is 141 Å². The van der Waals surface area contributed by atoms with Gasteiger partial charge in [0.2, 0.25) is 0 Å². The highest BCUT2D eigenvalue weighted by Gasteiger charge is 2.10. The molecule has 0 heterocycles. The molecule has 0 amide bonds. The number of anilines is 1. The molecule has 0 bridgehead atoms. The van der Waals surface area contributed by atoms with Crippen molar-refractivity contribution >= 4 is 23.1 Å². The number of hydrogen-bond acceptors (Lipinski definition) is 3. The van der Waals surface area contributed by atoms with Crippen molar-refractivity contribution < 1.29 is 13.9 Å². The SMILES string of the molecule is CCc1ccc(OCc2c(C)cccc2NC(=S)OC)c(F)c1. The molecule has 5 heteroatoms. The van der Waals surface area contributed by atoms with Crippen LogP contribution in [0.5, 0.6) is 5.75 Å². The molecule has 0 radical (unpaired) electrons. The number of benzene rings is 2. The summed E-state index contributed by atoms with van der Waals surface area (Å²) in [4.78, 5) is 0. The summed E-state index contributed by atoms with van der Waals surface area (Å²) in [5, 5.41) is 3.28. The molecule has 0 saturated carbocycles. The summed E-state index contributed by atoms with van der Waals surface area (Å²) in [7, 11) is 1.51. The number of nitrogens with one attached hydrogen (secondary N) is 1. The molecule has 2 rings (SSSR count). The molecule has 0 aromatic heterocycles. The van der Waals surface area contributed by atoms with Crippen molar-refractivity contribution in [1.29, 1.82) is 0 Å². The summed E-state index contributed by atoms with van der Waals surface area (Å²) < 4.78 is 24.7. The average molecular weight is 333 g/mol. The van der Waals surface area contributed by atoms with Gasteiger partial charge in [0.05, 0.1) is 7.11 Å². The van der Waals surface area contributed by atoms with E-state index in [1.807, 2.05) is 38.1 Å². The molecule has 0 fully saturated rings. The molecular formula is C18H20FNO2S. The summed E-state index contributed by atoms with van der Waals surface area (Å²) in [5.74, 6) is -0.106. The minimum absolute atomic E-state index is 0.240. The van der Waals surface area contributed by atoms with Gasteiger partial charge in [-0.3, -0.25) is 0 Å².